The van der Waals surface area contributed by atoms with E-state index >= 15 is 0 Å². The second-order valence-electron chi connectivity index (χ2n) is 6.38. The smallest absolute Gasteiger partial charge is 0.328 e. The van der Waals surface area contributed by atoms with Crippen LogP contribution in [0, 0.1) is 6.92 Å². The Balaban J connectivity index is 1.72. The Kier molecular flexibility index (Phi) is 7.58. The molecular weight excluding hydrogens is 434 g/mol. The standard InChI is InChI=1S/C22H19N3O4S2/c1-14-13-30-22(23-14)25-21(29)20(15-5-3-2-4-6-15)31-17-9-7-16(8-10-17)24-18(26)11-12-19(27)28/h2-13,20H,1H3,(H,24,26)(H,27,28)(H,23,25,29)/b12-11+. The Labute approximate surface area is 187 Å². The van der Waals surface area contributed by atoms with E-state index in [1.54, 1.807) is 24.3 Å². The zero-order valence-electron chi connectivity index (χ0n) is 16.4. The molecule has 1 atom stereocenters. The molecule has 0 spiro atoms. The fourth-order valence-corrected chi connectivity index (χ4v) is 4.28. The van der Waals surface area contributed by atoms with Gasteiger partial charge in [-0.05, 0) is 36.8 Å². The average molecular weight is 454 g/mol. The molecule has 1 heterocycles. The summed E-state index contributed by atoms with van der Waals surface area (Å²) in [5.41, 5.74) is 2.22. The molecule has 0 fully saturated rings. The van der Waals surface area contributed by atoms with E-state index in [0.29, 0.717) is 10.8 Å². The highest BCUT2D eigenvalue weighted by Crippen LogP contribution is 2.37. The number of aromatic nitrogens is 1. The zero-order valence-corrected chi connectivity index (χ0v) is 18.1. The second-order valence-corrected chi connectivity index (χ2v) is 8.41. The number of rotatable bonds is 8. The number of carboxylic acid groups (broad SMARTS) is 1. The summed E-state index contributed by atoms with van der Waals surface area (Å²) in [7, 11) is 0. The van der Waals surface area contributed by atoms with E-state index in [0.717, 1.165) is 28.3 Å². The van der Waals surface area contributed by atoms with Gasteiger partial charge in [-0.25, -0.2) is 9.78 Å². The summed E-state index contributed by atoms with van der Waals surface area (Å²) < 4.78 is 0. The number of hydrogen-bond donors (Lipinski definition) is 3. The van der Waals surface area contributed by atoms with Crippen LogP contribution in [0.3, 0.4) is 0 Å². The van der Waals surface area contributed by atoms with Crippen LogP contribution in [-0.4, -0.2) is 27.9 Å². The van der Waals surface area contributed by atoms with Gasteiger partial charge < -0.3 is 15.7 Å². The Morgan fingerprint density at radius 3 is 2.35 bits per heavy atom. The monoisotopic (exact) mass is 453 g/mol. The third-order valence-electron chi connectivity index (χ3n) is 3.94. The summed E-state index contributed by atoms with van der Waals surface area (Å²) in [6.07, 6.45) is 1.72. The van der Waals surface area contributed by atoms with Gasteiger partial charge in [-0.15, -0.1) is 23.1 Å². The van der Waals surface area contributed by atoms with Crippen molar-refractivity contribution in [3.05, 3.63) is 83.4 Å². The van der Waals surface area contributed by atoms with Crippen LogP contribution in [0.25, 0.3) is 0 Å². The third kappa shape index (κ3) is 6.80. The molecule has 31 heavy (non-hydrogen) atoms. The van der Waals surface area contributed by atoms with E-state index in [2.05, 4.69) is 15.6 Å². The van der Waals surface area contributed by atoms with Gasteiger partial charge in [-0.3, -0.25) is 9.59 Å². The molecule has 3 aromatic rings. The predicted octanol–water partition coefficient (Wildman–Crippen LogP) is 4.50. The number of carboxylic acids is 1. The van der Waals surface area contributed by atoms with E-state index in [1.165, 1.54) is 23.1 Å². The van der Waals surface area contributed by atoms with Crippen LogP contribution in [0.5, 0.6) is 0 Å². The Hall–Kier alpha value is -3.43. The molecular formula is C22H19N3O4S2. The number of benzene rings is 2. The van der Waals surface area contributed by atoms with Crippen molar-refractivity contribution in [1.82, 2.24) is 4.98 Å². The third-order valence-corrected chi connectivity index (χ3v) is 6.08. The molecule has 3 rings (SSSR count). The SMILES string of the molecule is Cc1csc(NC(=O)C(Sc2ccc(NC(=O)/C=C/C(=O)O)cc2)c2ccccc2)n1. The van der Waals surface area contributed by atoms with E-state index in [4.69, 9.17) is 5.11 Å². The minimum Gasteiger partial charge on any atom is -0.478 e. The molecule has 0 aliphatic rings. The van der Waals surface area contributed by atoms with Crippen molar-refractivity contribution in [2.75, 3.05) is 10.6 Å². The maximum absolute atomic E-state index is 13.0. The number of aliphatic carboxylic acids is 1. The normalized spacial score (nSPS) is 11.8. The van der Waals surface area contributed by atoms with Gasteiger partial charge in [0, 0.05) is 28.1 Å². The first kappa shape index (κ1) is 22.3. The second kappa shape index (κ2) is 10.6. The Morgan fingerprint density at radius 1 is 1.03 bits per heavy atom. The minimum atomic E-state index is -1.19. The summed E-state index contributed by atoms with van der Waals surface area (Å²) in [5.74, 6) is -1.91. The molecule has 7 nitrogen and oxygen atoms in total. The average Bonchev–Trinajstić information content (AvgIpc) is 3.16. The van der Waals surface area contributed by atoms with Gasteiger partial charge in [-0.2, -0.15) is 0 Å². The number of anilines is 2. The first-order chi connectivity index (χ1) is 14.9. The van der Waals surface area contributed by atoms with Gasteiger partial charge in [-0.1, -0.05) is 30.3 Å². The first-order valence-corrected chi connectivity index (χ1v) is 10.9. The molecule has 1 unspecified atom stereocenters. The Morgan fingerprint density at radius 2 is 1.74 bits per heavy atom. The lowest BCUT2D eigenvalue weighted by molar-refractivity contribution is -0.131. The summed E-state index contributed by atoms with van der Waals surface area (Å²) in [5, 5.41) is 16.0. The maximum atomic E-state index is 13.0. The van der Waals surface area contributed by atoms with E-state index in [-0.39, 0.29) is 5.91 Å². The van der Waals surface area contributed by atoms with Gasteiger partial charge in [0.2, 0.25) is 11.8 Å². The predicted molar refractivity (Wildman–Crippen MR) is 122 cm³/mol. The van der Waals surface area contributed by atoms with Gasteiger partial charge in [0.25, 0.3) is 0 Å². The molecule has 158 valence electrons. The van der Waals surface area contributed by atoms with E-state index < -0.39 is 17.1 Å². The molecule has 2 amide bonds. The van der Waals surface area contributed by atoms with Crippen LogP contribution in [0.4, 0.5) is 10.8 Å². The summed E-state index contributed by atoms with van der Waals surface area (Å²) in [4.78, 5) is 40.3. The largest absolute Gasteiger partial charge is 0.478 e. The van der Waals surface area contributed by atoms with Crippen LogP contribution in [0.1, 0.15) is 16.5 Å². The number of carbonyl (C=O) groups excluding carboxylic acids is 2. The van der Waals surface area contributed by atoms with Gasteiger partial charge in [0.05, 0.1) is 5.69 Å². The lowest BCUT2D eigenvalue weighted by Crippen LogP contribution is -2.19. The molecule has 3 N–H and O–H groups in total. The minimum absolute atomic E-state index is 0.179. The van der Waals surface area contributed by atoms with E-state index in [1.807, 2.05) is 42.6 Å². The van der Waals surface area contributed by atoms with Crippen LogP contribution >= 0.6 is 23.1 Å². The number of carbonyl (C=O) groups is 3. The number of aryl methyl sites for hydroxylation is 1. The summed E-state index contributed by atoms with van der Waals surface area (Å²) in [6.45, 7) is 1.87. The zero-order chi connectivity index (χ0) is 22.2. The highest BCUT2D eigenvalue weighted by Gasteiger charge is 2.23. The molecule has 2 aromatic carbocycles. The molecule has 0 aliphatic heterocycles. The molecule has 1 aromatic heterocycles. The number of hydrogen-bond acceptors (Lipinski definition) is 6. The number of nitrogens with zero attached hydrogens (tertiary/aromatic N) is 1. The van der Waals surface area contributed by atoms with Crippen molar-refractivity contribution >= 4 is 51.7 Å². The first-order valence-electron chi connectivity index (χ1n) is 9.17. The van der Waals surface area contributed by atoms with Gasteiger partial charge in [0.15, 0.2) is 5.13 Å². The number of amides is 2. The quantitative estimate of drug-likeness (QED) is 0.342. The lowest BCUT2D eigenvalue weighted by Gasteiger charge is -2.16. The Bertz CT molecular complexity index is 1100. The van der Waals surface area contributed by atoms with Crippen molar-refractivity contribution in [2.45, 2.75) is 17.1 Å². The molecule has 9 heteroatoms. The summed E-state index contributed by atoms with van der Waals surface area (Å²) in [6, 6.07) is 16.4. The molecule has 0 aliphatic carbocycles. The topological polar surface area (TPSA) is 108 Å². The highest BCUT2D eigenvalue weighted by molar-refractivity contribution is 8.00. The number of nitrogens with one attached hydrogen (secondary N) is 2. The van der Waals surface area contributed by atoms with Crippen molar-refractivity contribution in [1.29, 1.82) is 0 Å². The highest BCUT2D eigenvalue weighted by atomic mass is 32.2. The van der Waals surface area contributed by atoms with Crippen LogP contribution in [0.15, 0.2) is 77.0 Å². The van der Waals surface area contributed by atoms with Gasteiger partial charge >= 0.3 is 5.97 Å². The van der Waals surface area contributed by atoms with Crippen LogP contribution in [0.2, 0.25) is 0 Å². The number of thioether (sulfide) groups is 1. The fraction of sp³-hybridized carbons (Fsp3) is 0.0909. The molecule has 0 bridgehead atoms. The fourth-order valence-electron chi connectivity index (χ4n) is 2.57. The molecule has 0 saturated heterocycles. The lowest BCUT2D eigenvalue weighted by atomic mass is 10.1. The molecule has 0 radical (unpaired) electrons. The van der Waals surface area contributed by atoms with Crippen LogP contribution in [-0.2, 0) is 14.4 Å². The molecule has 0 saturated carbocycles. The number of thiazole rings is 1. The maximum Gasteiger partial charge on any atom is 0.328 e. The van der Waals surface area contributed by atoms with Crippen LogP contribution < -0.4 is 10.6 Å². The van der Waals surface area contributed by atoms with Crippen molar-refractivity contribution in [2.24, 2.45) is 0 Å². The summed E-state index contributed by atoms with van der Waals surface area (Å²) >= 11 is 2.75. The van der Waals surface area contributed by atoms with Crippen molar-refractivity contribution in [3.8, 4) is 0 Å². The van der Waals surface area contributed by atoms with Crippen molar-refractivity contribution < 1.29 is 19.5 Å². The van der Waals surface area contributed by atoms with E-state index in [9.17, 15) is 14.4 Å². The van der Waals surface area contributed by atoms with Crippen molar-refractivity contribution in [3.63, 3.8) is 0 Å². The van der Waals surface area contributed by atoms with Gasteiger partial charge in [0.1, 0.15) is 5.25 Å².